The number of nitrogens with zero attached hydrogens (tertiary/aromatic N) is 4. The molecular formula is C12H11N5O. The van der Waals surface area contributed by atoms with E-state index in [1.54, 1.807) is 18.6 Å². The van der Waals surface area contributed by atoms with E-state index in [-0.39, 0.29) is 0 Å². The maximum absolute atomic E-state index is 5.34. The smallest absolute Gasteiger partial charge is 0.215 e. The lowest BCUT2D eigenvalue weighted by Crippen LogP contribution is -1.93. The molecule has 0 unspecified atom stereocenters. The van der Waals surface area contributed by atoms with E-state index < -0.39 is 0 Å². The van der Waals surface area contributed by atoms with Gasteiger partial charge in [-0.15, -0.1) is 0 Å². The van der Waals surface area contributed by atoms with Gasteiger partial charge in [0.05, 0.1) is 18.3 Å². The van der Waals surface area contributed by atoms with Crippen LogP contribution in [0.3, 0.4) is 0 Å². The fraction of sp³-hybridized carbons (Fsp3) is 0.167. The van der Waals surface area contributed by atoms with E-state index >= 15 is 0 Å². The zero-order valence-electron chi connectivity index (χ0n) is 9.79. The van der Waals surface area contributed by atoms with Crippen LogP contribution in [0.15, 0.2) is 30.7 Å². The van der Waals surface area contributed by atoms with Crippen molar-refractivity contribution < 1.29 is 4.74 Å². The highest BCUT2D eigenvalue weighted by atomic mass is 16.5. The van der Waals surface area contributed by atoms with Gasteiger partial charge < -0.3 is 9.72 Å². The second-order valence-electron chi connectivity index (χ2n) is 3.63. The van der Waals surface area contributed by atoms with Crippen LogP contribution in [0.4, 0.5) is 0 Å². The van der Waals surface area contributed by atoms with Gasteiger partial charge in [0.15, 0.2) is 11.5 Å². The summed E-state index contributed by atoms with van der Waals surface area (Å²) in [6, 6.07) is 3.70. The van der Waals surface area contributed by atoms with Gasteiger partial charge in [0, 0.05) is 18.5 Å². The Balaban J connectivity index is 2.06. The first-order chi connectivity index (χ1) is 8.86. The Hall–Kier alpha value is -2.50. The molecule has 6 nitrogen and oxygen atoms in total. The SMILES string of the molecule is CCOc1ccc2[nH]c(-c3cnccn3)nc2n1. The Bertz CT molecular complexity index is 665. The lowest BCUT2D eigenvalue weighted by atomic mass is 10.4. The molecule has 0 amide bonds. The lowest BCUT2D eigenvalue weighted by molar-refractivity contribution is 0.328. The number of hydrogen-bond donors (Lipinski definition) is 1. The van der Waals surface area contributed by atoms with Gasteiger partial charge in [-0.3, -0.25) is 4.98 Å². The van der Waals surface area contributed by atoms with Gasteiger partial charge in [0.25, 0.3) is 0 Å². The summed E-state index contributed by atoms with van der Waals surface area (Å²) in [5.41, 5.74) is 2.15. The molecule has 0 aliphatic rings. The Morgan fingerprint density at radius 3 is 2.94 bits per heavy atom. The first-order valence-electron chi connectivity index (χ1n) is 5.63. The second kappa shape index (κ2) is 4.40. The van der Waals surface area contributed by atoms with E-state index in [0.29, 0.717) is 29.7 Å². The molecule has 0 spiro atoms. The minimum atomic E-state index is 0.571. The number of aromatic nitrogens is 5. The number of fused-ring (bicyclic) bond motifs is 1. The number of nitrogens with one attached hydrogen (secondary N) is 1. The van der Waals surface area contributed by atoms with Crippen molar-refractivity contribution in [1.82, 2.24) is 24.9 Å². The number of aromatic amines is 1. The molecule has 0 aliphatic carbocycles. The fourth-order valence-electron chi connectivity index (χ4n) is 1.65. The van der Waals surface area contributed by atoms with Gasteiger partial charge in [0.2, 0.25) is 5.88 Å². The Kier molecular flexibility index (Phi) is 2.60. The van der Waals surface area contributed by atoms with Gasteiger partial charge in [0.1, 0.15) is 5.69 Å². The Labute approximate surface area is 103 Å². The lowest BCUT2D eigenvalue weighted by Gasteiger charge is -1.99. The predicted octanol–water partition coefficient (Wildman–Crippen LogP) is 1.81. The first kappa shape index (κ1) is 10.6. The molecule has 90 valence electrons. The second-order valence-corrected chi connectivity index (χ2v) is 3.63. The van der Waals surface area contributed by atoms with Crippen molar-refractivity contribution in [3.8, 4) is 17.4 Å². The van der Waals surface area contributed by atoms with Crippen LogP contribution in [0, 0.1) is 0 Å². The van der Waals surface area contributed by atoms with Crippen LogP contribution in [0.25, 0.3) is 22.7 Å². The number of imidazole rings is 1. The van der Waals surface area contributed by atoms with Crippen LogP contribution >= 0.6 is 0 Å². The minimum absolute atomic E-state index is 0.571. The highest BCUT2D eigenvalue weighted by Gasteiger charge is 2.08. The van der Waals surface area contributed by atoms with E-state index in [1.165, 1.54) is 0 Å². The Morgan fingerprint density at radius 2 is 2.17 bits per heavy atom. The summed E-state index contributed by atoms with van der Waals surface area (Å²) in [6.45, 7) is 2.50. The van der Waals surface area contributed by atoms with Gasteiger partial charge in [-0.1, -0.05) is 0 Å². The highest BCUT2D eigenvalue weighted by Crippen LogP contribution is 2.19. The van der Waals surface area contributed by atoms with Gasteiger partial charge in [-0.25, -0.2) is 9.97 Å². The summed E-state index contributed by atoms with van der Waals surface area (Å²) in [5, 5.41) is 0. The van der Waals surface area contributed by atoms with Crippen LogP contribution in [0.2, 0.25) is 0 Å². The summed E-state index contributed by atoms with van der Waals surface area (Å²) in [6.07, 6.45) is 4.90. The van der Waals surface area contributed by atoms with Crippen molar-refractivity contribution in [1.29, 1.82) is 0 Å². The van der Waals surface area contributed by atoms with E-state index in [1.807, 2.05) is 19.1 Å². The molecule has 3 heterocycles. The number of H-pyrrole nitrogens is 1. The maximum atomic E-state index is 5.34. The highest BCUT2D eigenvalue weighted by molar-refractivity contribution is 5.75. The summed E-state index contributed by atoms with van der Waals surface area (Å²) in [5.74, 6) is 1.22. The molecule has 1 N–H and O–H groups in total. The summed E-state index contributed by atoms with van der Waals surface area (Å²) >= 11 is 0. The van der Waals surface area contributed by atoms with Gasteiger partial charge in [-0.05, 0) is 13.0 Å². The van der Waals surface area contributed by atoms with Crippen molar-refractivity contribution in [3.63, 3.8) is 0 Å². The van der Waals surface area contributed by atoms with E-state index in [2.05, 4.69) is 24.9 Å². The third-order valence-corrected chi connectivity index (χ3v) is 2.42. The molecule has 0 aromatic carbocycles. The van der Waals surface area contributed by atoms with Crippen molar-refractivity contribution in [2.24, 2.45) is 0 Å². The molecule has 3 aromatic rings. The van der Waals surface area contributed by atoms with Crippen LogP contribution in [-0.4, -0.2) is 31.5 Å². The molecule has 3 rings (SSSR count). The molecule has 0 bridgehead atoms. The molecular weight excluding hydrogens is 230 g/mol. The van der Waals surface area contributed by atoms with E-state index in [9.17, 15) is 0 Å². The molecule has 0 saturated carbocycles. The molecule has 0 radical (unpaired) electrons. The third-order valence-electron chi connectivity index (χ3n) is 2.42. The zero-order valence-corrected chi connectivity index (χ0v) is 9.79. The van der Waals surface area contributed by atoms with E-state index in [4.69, 9.17) is 4.74 Å². The van der Waals surface area contributed by atoms with E-state index in [0.717, 1.165) is 5.52 Å². The molecule has 0 aliphatic heterocycles. The topological polar surface area (TPSA) is 76.6 Å². The average molecular weight is 241 g/mol. The summed E-state index contributed by atoms with van der Waals surface area (Å²) < 4.78 is 5.34. The average Bonchev–Trinajstić information content (AvgIpc) is 2.83. The summed E-state index contributed by atoms with van der Waals surface area (Å²) in [7, 11) is 0. The number of ether oxygens (including phenoxy) is 1. The molecule has 0 saturated heterocycles. The van der Waals surface area contributed by atoms with Crippen LogP contribution in [0.1, 0.15) is 6.92 Å². The molecule has 18 heavy (non-hydrogen) atoms. The van der Waals surface area contributed by atoms with Gasteiger partial charge >= 0.3 is 0 Å². The molecule has 6 heteroatoms. The van der Waals surface area contributed by atoms with Crippen molar-refractivity contribution >= 4 is 11.2 Å². The van der Waals surface area contributed by atoms with Crippen LogP contribution < -0.4 is 4.74 Å². The standard InChI is InChI=1S/C12H11N5O/c1-2-18-10-4-3-8-11(16-10)17-12(15-8)9-7-13-5-6-14-9/h3-7H,2H2,1H3,(H,15,16,17). The molecule has 0 atom stereocenters. The quantitative estimate of drug-likeness (QED) is 0.756. The third kappa shape index (κ3) is 1.88. The monoisotopic (exact) mass is 241 g/mol. The minimum Gasteiger partial charge on any atom is -0.478 e. The number of rotatable bonds is 3. The number of pyridine rings is 1. The molecule has 3 aromatic heterocycles. The van der Waals surface area contributed by atoms with Crippen molar-refractivity contribution in [3.05, 3.63) is 30.7 Å². The van der Waals surface area contributed by atoms with Crippen molar-refractivity contribution in [2.45, 2.75) is 6.92 Å². The maximum Gasteiger partial charge on any atom is 0.215 e. The van der Waals surface area contributed by atoms with Crippen LogP contribution in [-0.2, 0) is 0 Å². The Morgan fingerprint density at radius 1 is 1.22 bits per heavy atom. The summed E-state index contributed by atoms with van der Waals surface area (Å²) in [4.78, 5) is 20.0. The largest absolute Gasteiger partial charge is 0.478 e. The number of hydrogen-bond acceptors (Lipinski definition) is 5. The first-order valence-corrected chi connectivity index (χ1v) is 5.63. The fourth-order valence-corrected chi connectivity index (χ4v) is 1.65. The zero-order chi connectivity index (χ0) is 12.4. The van der Waals surface area contributed by atoms with Crippen molar-refractivity contribution in [2.75, 3.05) is 6.61 Å². The normalized spacial score (nSPS) is 10.7. The predicted molar refractivity (Wildman–Crippen MR) is 66.1 cm³/mol. The van der Waals surface area contributed by atoms with Crippen LogP contribution in [0.5, 0.6) is 5.88 Å². The molecule has 0 fully saturated rings. The van der Waals surface area contributed by atoms with Gasteiger partial charge in [-0.2, -0.15) is 4.98 Å².